The van der Waals surface area contributed by atoms with Crippen molar-refractivity contribution in [1.29, 1.82) is 0 Å². The van der Waals surface area contributed by atoms with Crippen LogP contribution in [0.1, 0.15) is 26.2 Å². The van der Waals surface area contributed by atoms with Gasteiger partial charge in [0.25, 0.3) is 0 Å². The lowest BCUT2D eigenvalue weighted by molar-refractivity contribution is 0.509. The Labute approximate surface area is 65.2 Å². The lowest BCUT2D eigenvalue weighted by Gasteiger charge is -2.06. The van der Waals surface area contributed by atoms with E-state index in [0.717, 1.165) is 11.8 Å². The molecular formula is C7H13I. The summed E-state index contributed by atoms with van der Waals surface area (Å²) in [6, 6.07) is 0. The van der Waals surface area contributed by atoms with Crippen LogP contribution in [-0.4, -0.2) is 4.43 Å². The molecule has 1 rings (SSSR count). The van der Waals surface area contributed by atoms with Crippen LogP contribution in [0, 0.1) is 11.8 Å². The minimum atomic E-state index is 1.05. The fourth-order valence-corrected chi connectivity index (χ4v) is 2.48. The van der Waals surface area contributed by atoms with Crippen LogP contribution in [0.2, 0.25) is 0 Å². The first-order valence-electron chi connectivity index (χ1n) is 3.44. The molecule has 0 aliphatic heterocycles. The second-order valence-corrected chi connectivity index (χ2v) is 3.54. The van der Waals surface area contributed by atoms with Crippen molar-refractivity contribution in [3.63, 3.8) is 0 Å². The summed E-state index contributed by atoms with van der Waals surface area (Å²) in [4.78, 5) is 0. The molecule has 0 aromatic carbocycles. The van der Waals surface area contributed by atoms with Gasteiger partial charge in [-0.25, -0.2) is 0 Å². The normalized spacial score (nSPS) is 23.2. The molecule has 0 aromatic rings. The highest BCUT2D eigenvalue weighted by Gasteiger charge is 2.28. The van der Waals surface area contributed by atoms with E-state index in [-0.39, 0.29) is 0 Å². The average Bonchev–Trinajstić information content (AvgIpc) is 2.53. The molecule has 0 radical (unpaired) electrons. The molecule has 0 nitrogen and oxygen atoms in total. The molecule has 0 saturated heterocycles. The van der Waals surface area contributed by atoms with Gasteiger partial charge in [0.05, 0.1) is 0 Å². The molecule has 1 aliphatic carbocycles. The van der Waals surface area contributed by atoms with Gasteiger partial charge in [0.1, 0.15) is 0 Å². The highest BCUT2D eigenvalue weighted by molar-refractivity contribution is 14.1. The molecule has 0 spiro atoms. The molecule has 0 bridgehead atoms. The third-order valence-electron chi connectivity index (χ3n) is 2.01. The maximum absolute atomic E-state index is 2.50. The summed E-state index contributed by atoms with van der Waals surface area (Å²) in [5.41, 5.74) is 0. The van der Waals surface area contributed by atoms with Crippen LogP contribution in [-0.2, 0) is 0 Å². The first kappa shape index (κ1) is 6.84. The van der Waals surface area contributed by atoms with E-state index in [2.05, 4.69) is 29.5 Å². The van der Waals surface area contributed by atoms with E-state index in [0.29, 0.717) is 0 Å². The van der Waals surface area contributed by atoms with E-state index in [9.17, 15) is 0 Å². The summed E-state index contributed by atoms with van der Waals surface area (Å²) in [7, 11) is 0. The van der Waals surface area contributed by atoms with Gasteiger partial charge in [0.15, 0.2) is 0 Å². The van der Waals surface area contributed by atoms with E-state index in [1.165, 1.54) is 23.7 Å². The maximum atomic E-state index is 2.50. The molecule has 1 fully saturated rings. The Morgan fingerprint density at radius 3 is 2.38 bits per heavy atom. The summed E-state index contributed by atoms with van der Waals surface area (Å²) < 4.78 is 1.37. The highest BCUT2D eigenvalue weighted by Crippen LogP contribution is 2.39. The van der Waals surface area contributed by atoms with Crippen LogP contribution >= 0.6 is 22.6 Å². The SMILES string of the molecule is CCC(CI)C1CC1. The molecule has 1 saturated carbocycles. The molecular weight excluding hydrogens is 211 g/mol. The minimum Gasteiger partial charge on any atom is -0.0861 e. The third kappa shape index (κ3) is 1.61. The van der Waals surface area contributed by atoms with Gasteiger partial charge in [-0.05, 0) is 24.7 Å². The van der Waals surface area contributed by atoms with Gasteiger partial charge in [-0.3, -0.25) is 0 Å². The molecule has 1 atom stereocenters. The van der Waals surface area contributed by atoms with Gasteiger partial charge >= 0.3 is 0 Å². The molecule has 1 heteroatoms. The highest BCUT2D eigenvalue weighted by atomic mass is 127. The van der Waals surface area contributed by atoms with Crippen molar-refractivity contribution in [3.05, 3.63) is 0 Å². The molecule has 0 aromatic heterocycles. The minimum absolute atomic E-state index is 1.05. The van der Waals surface area contributed by atoms with Gasteiger partial charge in [0.2, 0.25) is 0 Å². The van der Waals surface area contributed by atoms with Crippen LogP contribution in [0.3, 0.4) is 0 Å². The predicted molar refractivity (Wildman–Crippen MR) is 45.4 cm³/mol. The number of hydrogen-bond donors (Lipinski definition) is 0. The number of alkyl halides is 1. The molecule has 1 unspecified atom stereocenters. The quantitative estimate of drug-likeness (QED) is 0.510. The van der Waals surface area contributed by atoms with E-state index < -0.39 is 0 Å². The van der Waals surface area contributed by atoms with Crippen LogP contribution in [0.4, 0.5) is 0 Å². The van der Waals surface area contributed by atoms with E-state index >= 15 is 0 Å². The Balaban J connectivity index is 2.15. The molecule has 0 amide bonds. The zero-order valence-electron chi connectivity index (χ0n) is 5.36. The zero-order chi connectivity index (χ0) is 5.98. The predicted octanol–water partition coefficient (Wildman–Crippen LogP) is 2.86. The second kappa shape index (κ2) is 3.04. The summed E-state index contributed by atoms with van der Waals surface area (Å²) in [5.74, 6) is 2.17. The summed E-state index contributed by atoms with van der Waals surface area (Å²) in [6.07, 6.45) is 4.43. The van der Waals surface area contributed by atoms with Crippen molar-refractivity contribution in [2.45, 2.75) is 26.2 Å². The zero-order valence-corrected chi connectivity index (χ0v) is 7.52. The van der Waals surface area contributed by atoms with Crippen molar-refractivity contribution in [3.8, 4) is 0 Å². The lowest BCUT2D eigenvalue weighted by Crippen LogP contribution is -2.01. The van der Waals surface area contributed by atoms with Crippen LogP contribution in [0.25, 0.3) is 0 Å². The molecule has 0 heterocycles. The van der Waals surface area contributed by atoms with Gasteiger partial charge in [-0.2, -0.15) is 0 Å². The first-order chi connectivity index (χ1) is 3.88. The Morgan fingerprint density at radius 1 is 1.62 bits per heavy atom. The van der Waals surface area contributed by atoms with E-state index in [1.807, 2.05) is 0 Å². The molecule has 48 valence electrons. The lowest BCUT2D eigenvalue weighted by atomic mass is 10.0. The monoisotopic (exact) mass is 224 g/mol. The van der Waals surface area contributed by atoms with Gasteiger partial charge in [-0.15, -0.1) is 0 Å². The molecule has 0 N–H and O–H groups in total. The van der Waals surface area contributed by atoms with Gasteiger partial charge in [-0.1, -0.05) is 35.9 Å². The topological polar surface area (TPSA) is 0 Å². The Hall–Kier alpha value is 0.730. The van der Waals surface area contributed by atoms with Crippen LogP contribution in [0.15, 0.2) is 0 Å². The van der Waals surface area contributed by atoms with Crippen LogP contribution < -0.4 is 0 Å². The number of halogens is 1. The fraction of sp³-hybridized carbons (Fsp3) is 1.00. The smallest absolute Gasteiger partial charge is 0.00262 e. The van der Waals surface area contributed by atoms with Crippen molar-refractivity contribution < 1.29 is 0 Å². The fourth-order valence-electron chi connectivity index (χ4n) is 1.14. The second-order valence-electron chi connectivity index (χ2n) is 2.66. The van der Waals surface area contributed by atoms with Crippen molar-refractivity contribution in [2.75, 3.05) is 4.43 Å². The van der Waals surface area contributed by atoms with E-state index in [1.54, 1.807) is 0 Å². The van der Waals surface area contributed by atoms with Gasteiger partial charge < -0.3 is 0 Å². The maximum Gasteiger partial charge on any atom is 0.00262 e. The largest absolute Gasteiger partial charge is 0.0861 e. The Kier molecular flexibility index (Phi) is 2.60. The summed E-state index contributed by atoms with van der Waals surface area (Å²) in [6.45, 7) is 2.31. The molecule has 1 aliphatic rings. The Morgan fingerprint density at radius 2 is 2.25 bits per heavy atom. The summed E-state index contributed by atoms with van der Waals surface area (Å²) in [5, 5.41) is 0. The number of rotatable bonds is 3. The van der Waals surface area contributed by atoms with Crippen LogP contribution in [0.5, 0.6) is 0 Å². The van der Waals surface area contributed by atoms with Crippen molar-refractivity contribution >= 4 is 22.6 Å². The first-order valence-corrected chi connectivity index (χ1v) is 4.97. The third-order valence-corrected chi connectivity index (χ3v) is 3.14. The van der Waals surface area contributed by atoms with Gasteiger partial charge in [0, 0.05) is 4.43 Å². The Bertz CT molecular complexity index is 62.8. The number of hydrogen-bond acceptors (Lipinski definition) is 0. The standard InChI is InChI=1S/C7H13I/c1-2-6(5-8)7-3-4-7/h6-7H,2-5H2,1H3. The summed E-state index contributed by atoms with van der Waals surface area (Å²) >= 11 is 2.50. The molecule has 8 heavy (non-hydrogen) atoms. The van der Waals surface area contributed by atoms with Crippen molar-refractivity contribution in [1.82, 2.24) is 0 Å². The average molecular weight is 224 g/mol. The van der Waals surface area contributed by atoms with Crippen molar-refractivity contribution in [2.24, 2.45) is 11.8 Å². The van der Waals surface area contributed by atoms with E-state index in [4.69, 9.17) is 0 Å².